The predicted octanol–water partition coefficient (Wildman–Crippen LogP) is 2.83. The molecule has 0 saturated carbocycles. The lowest BCUT2D eigenvalue weighted by atomic mass is 10.2. The van der Waals surface area contributed by atoms with Crippen molar-refractivity contribution < 1.29 is 9.59 Å². The number of benzene rings is 2. The van der Waals surface area contributed by atoms with Crippen LogP contribution in [0.1, 0.15) is 17.3 Å². The van der Waals surface area contributed by atoms with E-state index in [1.807, 2.05) is 24.3 Å². The van der Waals surface area contributed by atoms with Crippen LogP contribution in [-0.4, -0.2) is 17.9 Å². The van der Waals surface area contributed by atoms with Gasteiger partial charge in [-0.3, -0.25) is 9.59 Å². The van der Waals surface area contributed by atoms with Gasteiger partial charge in [0.15, 0.2) is 0 Å². The molecule has 1 atom stereocenters. The van der Waals surface area contributed by atoms with Crippen molar-refractivity contribution in [3.8, 4) is 0 Å². The molecular weight excluding hydrogens is 393 g/mol. The molecule has 0 fully saturated rings. The van der Waals surface area contributed by atoms with Gasteiger partial charge in [0.05, 0.1) is 0 Å². The second-order valence-electron chi connectivity index (χ2n) is 4.80. The fraction of sp³-hybridized carbons (Fsp3) is 0.125. The van der Waals surface area contributed by atoms with Crippen molar-refractivity contribution >= 4 is 45.8 Å². The number of carbonyl (C=O) groups is 2. The van der Waals surface area contributed by atoms with Crippen LogP contribution < -0.4 is 16.4 Å². The zero-order chi connectivity index (χ0) is 16.1. The van der Waals surface area contributed by atoms with Crippen molar-refractivity contribution in [2.24, 2.45) is 5.73 Å². The van der Waals surface area contributed by atoms with Gasteiger partial charge >= 0.3 is 0 Å². The molecule has 0 unspecified atom stereocenters. The molecule has 0 aromatic heterocycles. The third-order valence-electron chi connectivity index (χ3n) is 3.06. The highest BCUT2D eigenvalue weighted by Crippen LogP contribution is 2.14. The van der Waals surface area contributed by atoms with Gasteiger partial charge in [0.25, 0.3) is 0 Å². The molecule has 114 valence electrons. The van der Waals surface area contributed by atoms with E-state index in [0.717, 1.165) is 9.26 Å². The largest absolute Gasteiger partial charge is 0.374 e. The number of primary amides is 1. The van der Waals surface area contributed by atoms with Crippen molar-refractivity contribution in [2.45, 2.75) is 13.0 Å². The monoisotopic (exact) mass is 409 g/mol. The van der Waals surface area contributed by atoms with Gasteiger partial charge in [-0.15, -0.1) is 0 Å². The lowest BCUT2D eigenvalue weighted by Crippen LogP contribution is -2.31. The van der Waals surface area contributed by atoms with Crippen LogP contribution in [0.25, 0.3) is 0 Å². The quantitative estimate of drug-likeness (QED) is 0.665. The minimum atomic E-state index is -0.494. The molecule has 0 bridgehead atoms. The van der Waals surface area contributed by atoms with Gasteiger partial charge in [-0.25, -0.2) is 0 Å². The lowest BCUT2D eigenvalue weighted by Gasteiger charge is -2.15. The number of nitrogens with two attached hydrogens (primary N) is 1. The molecule has 2 amide bonds. The average molecular weight is 409 g/mol. The van der Waals surface area contributed by atoms with Gasteiger partial charge in [0.1, 0.15) is 6.04 Å². The number of anilines is 2. The van der Waals surface area contributed by atoms with Gasteiger partial charge in [-0.05, 0) is 78.0 Å². The summed E-state index contributed by atoms with van der Waals surface area (Å²) in [6, 6.07) is 13.8. The summed E-state index contributed by atoms with van der Waals surface area (Å²) in [4.78, 5) is 23.1. The predicted molar refractivity (Wildman–Crippen MR) is 95.8 cm³/mol. The molecular formula is C16H16IN3O2. The third-order valence-corrected chi connectivity index (χ3v) is 3.78. The van der Waals surface area contributed by atoms with Crippen LogP contribution in [0.3, 0.4) is 0 Å². The fourth-order valence-corrected chi connectivity index (χ4v) is 2.19. The van der Waals surface area contributed by atoms with Gasteiger partial charge < -0.3 is 16.4 Å². The summed E-state index contributed by atoms with van der Waals surface area (Å²) in [6.07, 6.45) is 0. The first-order valence-corrected chi connectivity index (χ1v) is 7.76. The number of amides is 2. The first kappa shape index (κ1) is 16.3. The van der Waals surface area contributed by atoms with E-state index in [2.05, 4.69) is 33.2 Å². The van der Waals surface area contributed by atoms with Crippen molar-refractivity contribution in [3.05, 3.63) is 57.7 Å². The minimum Gasteiger partial charge on any atom is -0.374 e. The summed E-state index contributed by atoms with van der Waals surface area (Å²) in [7, 11) is 0. The van der Waals surface area contributed by atoms with Crippen LogP contribution in [-0.2, 0) is 4.79 Å². The Morgan fingerprint density at radius 2 is 1.55 bits per heavy atom. The summed E-state index contributed by atoms with van der Waals surface area (Å²) in [6.45, 7) is 1.78. The molecule has 0 aliphatic heterocycles. The summed E-state index contributed by atoms with van der Waals surface area (Å²) in [5.74, 6) is -0.656. The Kier molecular flexibility index (Phi) is 5.37. The van der Waals surface area contributed by atoms with Crippen molar-refractivity contribution in [1.82, 2.24) is 0 Å². The maximum Gasteiger partial charge on any atom is 0.248 e. The fourth-order valence-electron chi connectivity index (χ4n) is 1.83. The zero-order valence-corrected chi connectivity index (χ0v) is 14.1. The number of hydrogen-bond donors (Lipinski definition) is 3. The highest BCUT2D eigenvalue weighted by molar-refractivity contribution is 14.1. The Labute approximate surface area is 142 Å². The highest BCUT2D eigenvalue weighted by Gasteiger charge is 2.13. The molecule has 0 aliphatic carbocycles. The van der Waals surface area contributed by atoms with Gasteiger partial charge in [-0.1, -0.05) is 0 Å². The molecule has 0 radical (unpaired) electrons. The SMILES string of the molecule is C[C@@H](Nc1ccc(I)cc1)C(=O)Nc1ccc(C(N)=O)cc1. The van der Waals surface area contributed by atoms with E-state index < -0.39 is 11.9 Å². The van der Waals surface area contributed by atoms with Crippen molar-refractivity contribution in [3.63, 3.8) is 0 Å². The van der Waals surface area contributed by atoms with E-state index in [1.54, 1.807) is 31.2 Å². The zero-order valence-electron chi connectivity index (χ0n) is 12.0. The maximum absolute atomic E-state index is 12.1. The number of carbonyl (C=O) groups excluding carboxylic acids is 2. The molecule has 2 aromatic carbocycles. The molecule has 5 nitrogen and oxygen atoms in total. The Balaban J connectivity index is 1.95. The van der Waals surface area contributed by atoms with E-state index in [9.17, 15) is 9.59 Å². The van der Waals surface area contributed by atoms with Crippen LogP contribution >= 0.6 is 22.6 Å². The van der Waals surface area contributed by atoms with E-state index in [0.29, 0.717) is 11.3 Å². The molecule has 4 N–H and O–H groups in total. The Bertz CT molecular complexity index is 669. The summed E-state index contributed by atoms with van der Waals surface area (Å²) in [5, 5.41) is 5.91. The molecule has 2 rings (SSSR count). The van der Waals surface area contributed by atoms with E-state index in [4.69, 9.17) is 5.73 Å². The van der Waals surface area contributed by atoms with Crippen LogP contribution in [0.4, 0.5) is 11.4 Å². The molecule has 6 heteroatoms. The number of nitrogens with one attached hydrogen (secondary N) is 2. The second kappa shape index (κ2) is 7.26. The summed E-state index contributed by atoms with van der Waals surface area (Å²) in [5.41, 5.74) is 7.08. The van der Waals surface area contributed by atoms with Crippen LogP contribution in [0, 0.1) is 3.57 Å². The van der Waals surface area contributed by atoms with Crippen LogP contribution in [0.15, 0.2) is 48.5 Å². The molecule has 0 heterocycles. The van der Waals surface area contributed by atoms with E-state index >= 15 is 0 Å². The number of rotatable bonds is 5. The van der Waals surface area contributed by atoms with Crippen LogP contribution in [0.2, 0.25) is 0 Å². The molecule has 2 aromatic rings. The minimum absolute atomic E-state index is 0.162. The van der Waals surface area contributed by atoms with E-state index in [1.165, 1.54) is 0 Å². The van der Waals surface area contributed by atoms with Gasteiger partial charge in [0.2, 0.25) is 11.8 Å². The van der Waals surface area contributed by atoms with Gasteiger partial charge in [-0.2, -0.15) is 0 Å². The Morgan fingerprint density at radius 3 is 2.09 bits per heavy atom. The molecule has 0 spiro atoms. The van der Waals surface area contributed by atoms with E-state index in [-0.39, 0.29) is 5.91 Å². The number of halogens is 1. The number of hydrogen-bond acceptors (Lipinski definition) is 3. The lowest BCUT2D eigenvalue weighted by molar-refractivity contribution is -0.116. The third kappa shape index (κ3) is 4.45. The summed E-state index contributed by atoms with van der Waals surface area (Å²) < 4.78 is 1.13. The Morgan fingerprint density at radius 1 is 1.00 bits per heavy atom. The normalized spacial score (nSPS) is 11.5. The first-order valence-electron chi connectivity index (χ1n) is 6.68. The first-order chi connectivity index (χ1) is 10.5. The van der Waals surface area contributed by atoms with Crippen molar-refractivity contribution in [1.29, 1.82) is 0 Å². The smallest absolute Gasteiger partial charge is 0.248 e. The standard InChI is InChI=1S/C16H16IN3O2/c1-10(19-13-8-4-12(17)5-9-13)16(22)20-14-6-2-11(3-7-14)15(18)21/h2-10,19H,1H3,(H2,18,21)(H,20,22)/t10-/m1/s1. The van der Waals surface area contributed by atoms with Gasteiger partial charge in [0, 0.05) is 20.5 Å². The van der Waals surface area contributed by atoms with Crippen LogP contribution in [0.5, 0.6) is 0 Å². The molecule has 0 saturated heterocycles. The van der Waals surface area contributed by atoms with Crippen molar-refractivity contribution in [2.75, 3.05) is 10.6 Å². The second-order valence-corrected chi connectivity index (χ2v) is 6.05. The Hall–Kier alpha value is -2.09. The average Bonchev–Trinajstić information content (AvgIpc) is 2.50. The summed E-state index contributed by atoms with van der Waals surface area (Å²) >= 11 is 2.23. The molecule has 22 heavy (non-hydrogen) atoms. The highest BCUT2D eigenvalue weighted by atomic mass is 127. The molecule has 0 aliphatic rings. The maximum atomic E-state index is 12.1. The topological polar surface area (TPSA) is 84.2 Å².